The van der Waals surface area contributed by atoms with Gasteiger partial charge in [-0.3, -0.25) is 5.73 Å². The fourth-order valence-electron chi connectivity index (χ4n) is 2.27. The largest absolute Gasteiger partial charge is 0.493 e. The normalized spacial score (nSPS) is 17.3. The van der Waals surface area contributed by atoms with Crippen molar-refractivity contribution in [3.05, 3.63) is 18.2 Å². The van der Waals surface area contributed by atoms with E-state index in [0.29, 0.717) is 23.4 Å². The second-order valence-corrected chi connectivity index (χ2v) is 4.88. The van der Waals surface area contributed by atoms with E-state index in [2.05, 4.69) is 10.3 Å². The van der Waals surface area contributed by atoms with E-state index >= 15 is 0 Å². The summed E-state index contributed by atoms with van der Waals surface area (Å²) in [7, 11) is 3.18. The van der Waals surface area contributed by atoms with E-state index in [1.54, 1.807) is 14.2 Å². The number of ether oxygens (including phenoxy) is 2. The lowest BCUT2D eigenvalue weighted by molar-refractivity contribution is -0.527. The number of benzene rings is 1. The quantitative estimate of drug-likeness (QED) is 0.692. The molecule has 0 bridgehead atoms. The maximum Gasteiger partial charge on any atom is 0.357 e. The number of nitrogens with two attached hydrogens (primary N) is 2. The molecule has 0 aromatic heterocycles. The van der Waals surface area contributed by atoms with Crippen molar-refractivity contribution < 1.29 is 14.0 Å². The molecular weight excluding hydrogens is 258 g/mol. The first-order valence-corrected chi connectivity index (χ1v) is 6.16. The number of nitrogens with one attached hydrogen (secondary N) is 1. The Hall–Kier alpha value is -2.44. The molecule has 0 aliphatic carbocycles. The summed E-state index contributed by atoms with van der Waals surface area (Å²) in [5, 5.41) is 2.83. The fraction of sp³-hybridized carbons (Fsp3) is 0.385. The van der Waals surface area contributed by atoms with Crippen LogP contribution in [0.4, 0.5) is 5.69 Å². The third-order valence-electron chi connectivity index (χ3n) is 3.06. The lowest BCUT2D eigenvalue weighted by atomic mass is 10.2. The van der Waals surface area contributed by atoms with Crippen molar-refractivity contribution in [2.24, 2.45) is 16.5 Å². The molecular formula is C13H20N5O2+. The minimum atomic E-state index is -0.598. The van der Waals surface area contributed by atoms with E-state index in [9.17, 15) is 0 Å². The number of nitrogens with zero attached hydrogens (tertiary/aromatic N) is 2. The first kappa shape index (κ1) is 14.0. The molecule has 0 fully saturated rings. The van der Waals surface area contributed by atoms with Gasteiger partial charge in [0.15, 0.2) is 17.2 Å². The van der Waals surface area contributed by atoms with Gasteiger partial charge in [-0.1, -0.05) is 0 Å². The molecule has 0 saturated carbocycles. The van der Waals surface area contributed by atoms with Crippen LogP contribution in [-0.4, -0.2) is 36.4 Å². The Bertz CT molecular complexity index is 592. The predicted molar refractivity (Wildman–Crippen MR) is 77.5 cm³/mol. The summed E-state index contributed by atoms with van der Waals surface area (Å²) >= 11 is 0. The topological polar surface area (TPSA) is 97.9 Å². The van der Waals surface area contributed by atoms with Gasteiger partial charge in [0, 0.05) is 6.07 Å². The smallest absolute Gasteiger partial charge is 0.357 e. The number of rotatable bonds is 3. The fourth-order valence-corrected chi connectivity index (χ4v) is 2.27. The maximum absolute atomic E-state index is 6.04. The highest BCUT2D eigenvalue weighted by Gasteiger charge is 2.34. The van der Waals surface area contributed by atoms with Gasteiger partial charge >= 0.3 is 5.96 Å². The molecule has 1 aromatic rings. The van der Waals surface area contributed by atoms with Gasteiger partial charge in [0.1, 0.15) is 5.69 Å². The molecule has 0 amide bonds. The van der Waals surface area contributed by atoms with Crippen LogP contribution < -0.4 is 26.3 Å². The van der Waals surface area contributed by atoms with Gasteiger partial charge in [-0.15, -0.1) is 0 Å². The average Bonchev–Trinajstić information content (AvgIpc) is 2.36. The zero-order chi connectivity index (χ0) is 14.9. The van der Waals surface area contributed by atoms with E-state index in [1.165, 1.54) is 0 Å². The lowest BCUT2D eigenvalue weighted by Crippen LogP contribution is -2.55. The monoisotopic (exact) mass is 278 g/mol. The molecule has 1 aromatic carbocycles. The maximum atomic E-state index is 6.04. The van der Waals surface area contributed by atoms with Crippen molar-refractivity contribution in [3.8, 4) is 11.5 Å². The number of methoxy groups -OCH3 is 2. The van der Waals surface area contributed by atoms with Crippen LogP contribution in [0.2, 0.25) is 0 Å². The van der Waals surface area contributed by atoms with Crippen LogP contribution in [0, 0.1) is 0 Å². The molecule has 7 heteroatoms. The molecule has 0 saturated heterocycles. The molecule has 2 rings (SSSR count). The number of hydrogen-bond donors (Lipinski definition) is 3. The SMILES string of the molecule is COc1ccc([N+]2=C(N)NC(N)=NC2(C)C)cc1OC. The van der Waals surface area contributed by atoms with Crippen LogP contribution >= 0.6 is 0 Å². The standard InChI is InChI=1S/C13H19N5O2/c1-13(2)17-11(14)16-12(15)18(13)8-5-6-9(19-3)10(7-8)20-4/h5-7H,1-4H3,(H4,14,15,16,17)/p+1. The molecule has 108 valence electrons. The molecule has 0 unspecified atom stereocenters. The van der Waals surface area contributed by atoms with E-state index in [4.69, 9.17) is 20.9 Å². The Morgan fingerprint density at radius 1 is 1.15 bits per heavy atom. The Kier molecular flexibility index (Phi) is 3.44. The molecule has 1 aliphatic rings. The highest BCUT2D eigenvalue weighted by Crippen LogP contribution is 2.33. The first-order valence-electron chi connectivity index (χ1n) is 6.16. The van der Waals surface area contributed by atoms with Crippen molar-refractivity contribution in [2.75, 3.05) is 14.2 Å². The lowest BCUT2D eigenvalue weighted by Gasteiger charge is -2.28. The Morgan fingerprint density at radius 2 is 1.80 bits per heavy atom. The predicted octanol–water partition coefficient (Wildman–Crippen LogP) is 0.317. The third-order valence-corrected chi connectivity index (χ3v) is 3.06. The summed E-state index contributed by atoms with van der Waals surface area (Å²) in [6.45, 7) is 3.84. The van der Waals surface area contributed by atoms with Crippen molar-refractivity contribution in [1.82, 2.24) is 5.32 Å². The summed E-state index contributed by atoms with van der Waals surface area (Å²) in [6.07, 6.45) is 0. The zero-order valence-corrected chi connectivity index (χ0v) is 12.1. The van der Waals surface area contributed by atoms with Crippen LogP contribution in [-0.2, 0) is 0 Å². The highest BCUT2D eigenvalue weighted by atomic mass is 16.5. The summed E-state index contributed by atoms with van der Waals surface area (Å²) in [5.74, 6) is 1.98. The molecule has 0 radical (unpaired) electrons. The summed E-state index contributed by atoms with van der Waals surface area (Å²) in [5.41, 5.74) is 12.0. The molecule has 5 N–H and O–H groups in total. The second kappa shape index (κ2) is 4.92. The van der Waals surface area contributed by atoms with Gasteiger partial charge in [0.05, 0.1) is 14.2 Å². The summed E-state index contributed by atoms with van der Waals surface area (Å²) in [4.78, 5) is 4.36. The van der Waals surface area contributed by atoms with Crippen molar-refractivity contribution in [3.63, 3.8) is 0 Å². The summed E-state index contributed by atoms with van der Waals surface area (Å²) < 4.78 is 12.4. The Labute approximate surface area is 117 Å². The number of aliphatic imine (C=N–C) groups is 1. The highest BCUT2D eigenvalue weighted by molar-refractivity contribution is 5.96. The van der Waals surface area contributed by atoms with Crippen LogP contribution in [0.15, 0.2) is 23.2 Å². The molecule has 0 atom stereocenters. The Morgan fingerprint density at radius 3 is 2.35 bits per heavy atom. The minimum Gasteiger partial charge on any atom is -0.493 e. The van der Waals surface area contributed by atoms with Crippen molar-refractivity contribution >= 4 is 17.6 Å². The second-order valence-electron chi connectivity index (χ2n) is 4.88. The van der Waals surface area contributed by atoms with Crippen LogP contribution in [0.1, 0.15) is 13.8 Å². The van der Waals surface area contributed by atoms with E-state index in [1.807, 2.05) is 36.6 Å². The van der Waals surface area contributed by atoms with Crippen LogP contribution in [0.3, 0.4) is 0 Å². The van der Waals surface area contributed by atoms with Gasteiger partial charge in [-0.05, 0) is 26.0 Å². The van der Waals surface area contributed by atoms with E-state index in [0.717, 1.165) is 5.69 Å². The first-order chi connectivity index (χ1) is 9.39. The van der Waals surface area contributed by atoms with Crippen LogP contribution in [0.5, 0.6) is 11.5 Å². The number of hydrogen-bond acceptors (Lipinski definition) is 6. The third kappa shape index (κ3) is 2.34. The average molecular weight is 278 g/mol. The Balaban J connectivity index is 2.53. The number of guanidine groups is 2. The van der Waals surface area contributed by atoms with Gasteiger partial charge in [-0.25, -0.2) is 9.89 Å². The molecule has 7 nitrogen and oxygen atoms in total. The molecule has 1 heterocycles. The van der Waals surface area contributed by atoms with Gasteiger partial charge in [-0.2, -0.15) is 4.99 Å². The molecule has 20 heavy (non-hydrogen) atoms. The van der Waals surface area contributed by atoms with Crippen molar-refractivity contribution in [1.29, 1.82) is 0 Å². The molecule has 1 aliphatic heterocycles. The van der Waals surface area contributed by atoms with Crippen LogP contribution in [0.25, 0.3) is 0 Å². The van der Waals surface area contributed by atoms with E-state index in [-0.39, 0.29) is 0 Å². The van der Waals surface area contributed by atoms with Gasteiger partial charge in [0.25, 0.3) is 5.96 Å². The zero-order valence-electron chi connectivity index (χ0n) is 12.1. The molecule has 0 spiro atoms. The summed E-state index contributed by atoms with van der Waals surface area (Å²) in [6, 6.07) is 5.54. The van der Waals surface area contributed by atoms with E-state index < -0.39 is 5.66 Å². The van der Waals surface area contributed by atoms with Gasteiger partial charge in [0.2, 0.25) is 0 Å². The van der Waals surface area contributed by atoms with Crippen molar-refractivity contribution in [2.45, 2.75) is 19.5 Å². The van der Waals surface area contributed by atoms with Gasteiger partial charge < -0.3 is 15.2 Å². The minimum absolute atomic E-state index is 0.296.